The van der Waals surface area contributed by atoms with Crippen molar-refractivity contribution in [2.24, 2.45) is 5.92 Å². The van der Waals surface area contributed by atoms with Crippen molar-refractivity contribution in [2.75, 3.05) is 44.0 Å². The number of halogens is 3. The summed E-state index contributed by atoms with van der Waals surface area (Å²) in [7, 11) is 1.68. The molecule has 2 atom stereocenters. The van der Waals surface area contributed by atoms with Gasteiger partial charge in [0.1, 0.15) is 17.4 Å². The summed E-state index contributed by atoms with van der Waals surface area (Å²) in [6, 6.07) is 7.83. The van der Waals surface area contributed by atoms with Gasteiger partial charge < -0.3 is 20.7 Å². The molecule has 11 heteroatoms. The molecule has 0 saturated heterocycles. The number of nitrogens with one attached hydrogen (secondary N) is 3. The molecule has 2 heterocycles. The van der Waals surface area contributed by atoms with E-state index >= 15 is 0 Å². The Morgan fingerprint density at radius 2 is 1.91 bits per heavy atom. The fourth-order valence-corrected chi connectivity index (χ4v) is 4.90. The quantitative estimate of drug-likeness (QED) is 0.262. The van der Waals surface area contributed by atoms with Gasteiger partial charge in [-0.2, -0.15) is 18.2 Å². The Balaban J connectivity index is 1.86. The van der Waals surface area contributed by atoms with E-state index in [9.17, 15) is 13.2 Å². The van der Waals surface area contributed by atoms with E-state index in [0.717, 1.165) is 41.2 Å². The molecule has 0 saturated carbocycles. The topological polar surface area (TPSA) is 84.0 Å². The Hall–Kier alpha value is -2.50. The molecule has 0 amide bonds. The summed E-state index contributed by atoms with van der Waals surface area (Å²) in [5.41, 5.74) is 2.13. The van der Waals surface area contributed by atoms with Crippen molar-refractivity contribution in [3.8, 4) is 10.6 Å². The number of aryl methyl sites for hydroxylation is 1. The number of ether oxygens (including phenoxy) is 1. The molecule has 7 nitrogen and oxygen atoms in total. The molecular formula is C24H33F3N6OS. The molecule has 0 aliphatic rings. The SMILES string of the molecule is CC[C@@H](CNCCOC)CC(C)Nc1nc(NCC(F)(F)F)nc(C)c1-c1nc2ccccc2s1. The molecule has 3 N–H and O–H groups in total. The summed E-state index contributed by atoms with van der Waals surface area (Å²) in [5.74, 6) is 0.842. The average molecular weight is 511 g/mol. The number of methoxy groups -OCH3 is 1. The lowest BCUT2D eigenvalue weighted by Gasteiger charge is -2.23. The van der Waals surface area contributed by atoms with E-state index in [1.807, 2.05) is 24.3 Å². The molecule has 2 aromatic heterocycles. The van der Waals surface area contributed by atoms with E-state index < -0.39 is 12.7 Å². The minimum absolute atomic E-state index is 0.0297. The predicted molar refractivity (Wildman–Crippen MR) is 136 cm³/mol. The highest BCUT2D eigenvalue weighted by molar-refractivity contribution is 7.21. The van der Waals surface area contributed by atoms with Gasteiger partial charge in [-0.25, -0.2) is 9.97 Å². The first-order valence-electron chi connectivity index (χ1n) is 11.7. The second-order valence-corrected chi connectivity index (χ2v) is 9.59. The van der Waals surface area contributed by atoms with Crippen molar-refractivity contribution in [1.29, 1.82) is 0 Å². The summed E-state index contributed by atoms with van der Waals surface area (Å²) in [4.78, 5) is 13.5. The maximum Gasteiger partial charge on any atom is 0.405 e. The minimum atomic E-state index is -4.37. The van der Waals surface area contributed by atoms with Crippen molar-refractivity contribution in [3.05, 3.63) is 30.0 Å². The number of alkyl halides is 3. The van der Waals surface area contributed by atoms with Crippen molar-refractivity contribution in [3.63, 3.8) is 0 Å². The second-order valence-electron chi connectivity index (χ2n) is 8.56. The van der Waals surface area contributed by atoms with Crippen LogP contribution < -0.4 is 16.0 Å². The van der Waals surface area contributed by atoms with Gasteiger partial charge in [0.2, 0.25) is 5.95 Å². The number of hydrogen-bond donors (Lipinski definition) is 3. The normalized spacial score (nSPS) is 13.7. The zero-order valence-corrected chi connectivity index (χ0v) is 21.3. The van der Waals surface area contributed by atoms with Crippen LogP contribution in [0.1, 0.15) is 32.4 Å². The number of aromatic nitrogens is 3. The second kappa shape index (κ2) is 12.5. The van der Waals surface area contributed by atoms with Crippen molar-refractivity contribution >= 4 is 33.3 Å². The molecule has 1 unspecified atom stereocenters. The summed E-state index contributed by atoms with van der Waals surface area (Å²) in [6.07, 6.45) is -2.50. The first-order valence-corrected chi connectivity index (χ1v) is 12.5. The molecule has 0 aliphatic heterocycles. The van der Waals surface area contributed by atoms with Crippen LogP contribution >= 0.6 is 11.3 Å². The molecule has 192 valence electrons. The molecule has 1 aromatic carbocycles. The van der Waals surface area contributed by atoms with Crippen molar-refractivity contribution in [2.45, 2.75) is 45.8 Å². The number of rotatable bonds is 13. The van der Waals surface area contributed by atoms with E-state index in [4.69, 9.17) is 9.72 Å². The zero-order valence-electron chi connectivity index (χ0n) is 20.5. The van der Waals surface area contributed by atoms with Crippen LogP contribution in [0.25, 0.3) is 20.8 Å². The molecule has 35 heavy (non-hydrogen) atoms. The number of anilines is 2. The number of fused-ring (bicyclic) bond motifs is 1. The van der Waals surface area contributed by atoms with Crippen LogP contribution in [0.5, 0.6) is 0 Å². The van der Waals surface area contributed by atoms with Crippen molar-refractivity contribution in [1.82, 2.24) is 20.3 Å². The molecule has 3 rings (SSSR count). The van der Waals surface area contributed by atoms with Crippen LogP contribution in [0, 0.1) is 12.8 Å². The molecule has 0 fully saturated rings. The highest BCUT2D eigenvalue weighted by Crippen LogP contribution is 2.36. The van der Waals surface area contributed by atoms with E-state index in [1.54, 1.807) is 14.0 Å². The summed E-state index contributed by atoms with van der Waals surface area (Å²) in [6.45, 7) is 7.08. The average Bonchev–Trinajstić information content (AvgIpc) is 3.22. The third-order valence-corrected chi connectivity index (χ3v) is 6.66. The van der Waals surface area contributed by atoms with Gasteiger partial charge in [0.05, 0.1) is 28.1 Å². The maximum atomic E-state index is 12.8. The Labute approximate surface area is 207 Å². The largest absolute Gasteiger partial charge is 0.405 e. The van der Waals surface area contributed by atoms with Crippen LogP contribution in [-0.4, -0.2) is 60.5 Å². The summed E-state index contributed by atoms with van der Waals surface area (Å²) in [5, 5.41) is 9.89. The van der Waals surface area contributed by atoms with Crippen molar-refractivity contribution < 1.29 is 17.9 Å². The van der Waals surface area contributed by atoms with Crippen LogP contribution in [0.4, 0.5) is 24.9 Å². The first kappa shape index (κ1) is 27.1. The van der Waals surface area contributed by atoms with Crippen LogP contribution in [0.3, 0.4) is 0 Å². The Morgan fingerprint density at radius 3 is 2.60 bits per heavy atom. The van der Waals surface area contributed by atoms with Gasteiger partial charge in [-0.3, -0.25) is 0 Å². The number of para-hydroxylation sites is 1. The number of benzene rings is 1. The van der Waals surface area contributed by atoms with Gasteiger partial charge in [-0.05, 0) is 44.9 Å². The third kappa shape index (κ3) is 8.01. The highest BCUT2D eigenvalue weighted by Gasteiger charge is 2.28. The van der Waals surface area contributed by atoms with Gasteiger partial charge in [-0.15, -0.1) is 11.3 Å². The standard InChI is InChI=1S/C24H33F3N6OS/c1-5-17(13-28-10-11-34-4)12-15(2)30-21-20(22-32-18-8-6-7-9-19(18)35-22)16(3)31-23(33-21)29-14-24(25,26)27/h6-9,15,17,28H,5,10-14H2,1-4H3,(H2,29,30,31,33)/t15?,17-/m1/s1. The van der Waals surface area contributed by atoms with Gasteiger partial charge >= 0.3 is 6.18 Å². The fraction of sp³-hybridized carbons (Fsp3) is 0.542. The van der Waals surface area contributed by atoms with Crippen LogP contribution in [0.15, 0.2) is 24.3 Å². The Morgan fingerprint density at radius 1 is 1.14 bits per heavy atom. The number of hydrogen-bond acceptors (Lipinski definition) is 8. The lowest BCUT2D eigenvalue weighted by Crippen LogP contribution is -2.30. The van der Waals surface area contributed by atoms with Crippen LogP contribution in [-0.2, 0) is 4.74 Å². The third-order valence-electron chi connectivity index (χ3n) is 5.61. The van der Waals surface area contributed by atoms with Gasteiger partial charge in [0.15, 0.2) is 0 Å². The molecule has 0 aliphatic carbocycles. The van der Waals surface area contributed by atoms with Gasteiger partial charge in [0, 0.05) is 19.7 Å². The molecular weight excluding hydrogens is 477 g/mol. The van der Waals surface area contributed by atoms with E-state index in [1.165, 1.54) is 11.3 Å². The molecule has 0 radical (unpaired) electrons. The number of thiazole rings is 1. The first-order chi connectivity index (χ1) is 16.7. The number of nitrogens with zero attached hydrogens (tertiary/aromatic N) is 3. The van der Waals surface area contributed by atoms with Crippen LogP contribution in [0.2, 0.25) is 0 Å². The fourth-order valence-electron chi connectivity index (χ4n) is 3.84. The molecule has 0 bridgehead atoms. The highest BCUT2D eigenvalue weighted by atomic mass is 32.1. The zero-order chi connectivity index (χ0) is 25.4. The molecule has 3 aromatic rings. The Kier molecular flexibility index (Phi) is 9.64. The van der Waals surface area contributed by atoms with E-state index in [0.29, 0.717) is 29.6 Å². The molecule has 0 spiro atoms. The lowest BCUT2D eigenvalue weighted by atomic mass is 9.97. The summed E-state index contributed by atoms with van der Waals surface area (Å²) < 4.78 is 44.5. The summed E-state index contributed by atoms with van der Waals surface area (Å²) >= 11 is 1.51. The minimum Gasteiger partial charge on any atom is -0.383 e. The monoisotopic (exact) mass is 510 g/mol. The Bertz CT molecular complexity index is 1060. The smallest absolute Gasteiger partial charge is 0.383 e. The van der Waals surface area contributed by atoms with E-state index in [-0.39, 0.29) is 12.0 Å². The predicted octanol–water partition coefficient (Wildman–Crippen LogP) is 5.49. The van der Waals surface area contributed by atoms with Gasteiger partial charge in [0.25, 0.3) is 0 Å². The van der Waals surface area contributed by atoms with Gasteiger partial charge in [-0.1, -0.05) is 25.5 Å². The van der Waals surface area contributed by atoms with E-state index in [2.05, 4.69) is 39.8 Å². The lowest BCUT2D eigenvalue weighted by molar-refractivity contribution is -0.115. The maximum absolute atomic E-state index is 12.8.